The first-order chi connectivity index (χ1) is 10.0. The van der Waals surface area contributed by atoms with Crippen molar-refractivity contribution in [3.8, 4) is 0 Å². The summed E-state index contributed by atoms with van der Waals surface area (Å²) in [6.45, 7) is 1.84. The number of nitrogens with one attached hydrogen (secondary N) is 2. The van der Waals surface area contributed by atoms with Gasteiger partial charge in [0.2, 0.25) is 0 Å². The van der Waals surface area contributed by atoms with Crippen molar-refractivity contribution >= 4 is 17.3 Å². The highest BCUT2D eigenvalue weighted by Crippen LogP contribution is 2.28. The van der Waals surface area contributed by atoms with Gasteiger partial charge in [0.25, 0.3) is 5.91 Å². The molecule has 0 saturated carbocycles. The van der Waals surface area contributed by atoms with Crippen LogP contribution in [0.1, 0.15) is 23.2 Å². The Kier molecular flexibility index (Phi) is 4.74. The number of hydrogen-bond donors (Lipinski definition) is 2. The molecule has 0 bridgehead atoms. The van der Waals surface area contributed by atoms with Crippen molar-refractivity contribution in [3.63, 3.8) is 0 Å². The molecular weight excluding hydrogens is 272 g/mol. The van der Waals surface area contributed by atoms with E-state index >= 15 is 0 Å². The molecule has 0 atom stereocenters. The van der Waals surface area contributed by atoms with Gasteiger partial charge in [0.15, 0.2) is 0 Å². The molecule has 0 spiro atoms. The average molecular weight is 292 g/mol. The van der Waals surface area contributed by atoms with Gasteiger partial charge in [-0.05, 0) is 45.1 Å². The van der Waals surface area contributed by atoms with Gasteiger partial charge in [-0.2, -0.15) is 0 Å². The number of nitrogens with zero attached hydrogens (tertiary/aromatic N) is 2. The molecule has 1 saturated heterocycles. The normalized spacial score (nSPS) is 16.5. The summed E-state index contributed by atoms with van der Waals surface area (Å²) in [6, 6.07) is 4.79. The zero-order valence-corrected chi connectivity index (χ0v) is 12.3. The summed E-state index contributed by atoms with van der Waals surface area (Å²) in [7, 11) is 3.64. The molecule has 1 aromatic rings. The van der Waals surface area contributed by atoms with E-state index in [1.165, 1.54) is 6.07 Å². The maximum absolute atomic E-state index is 12.3. The van der Waals surface area contributed by atoms with Crippen LogP contribution >= 0.6 is 0 Å². The summed E-state index contributed by atoms with van der Waals surface area (Å²) >= 11 is 0. The molecule has 7 heteroatoms. The number of rotatable bonds is 4. The summed E-state index contributed by atoms with van der Waals surface area (Å²) in [4.78, 5) is 25.2. The van der Waals surface area contributed by atoms with Crippen molar-refractivity contribution in [2.75, 3.05) is 32.5 Å². The smallest absolute Gasteiger partial charge is 0.305 e. The first-order valence-corrected chi connectivity index (χ1v) is 6.97. The molecule has 2 rings (SSSR count). The van der Waals surface area contributed by atoms with E-state index in [2.05, 4.69) is 15.5 Å². The van der Waals surface area contributed by atoms with Crippen LogP contribution in [0.25, 0.3) is 0 Å². The first-order valence-electron chi connectivity index (χ1n) is 6.97. The molecule has 0 unspecified atom stereocenters. The number of para-hydroxylation sites is 1. The minimum atomic E-state index is -0.518. The Hall–Kier alpha value is -2.15. The number of carbonyl (C=O) groups excluding carboxylic acids is 1. The fourth-order valence-corrected chi connectivity index (χ4v) is 2.54. The fourth-order valence-electron chi connectivity index (χ4n) is 2.54. The van der Waals surface area contributed by atoms with E-state index in [-0.39, 0.29) is 23.2 Å². The van der Waals surface area contributed by atoms with Gasteiger partial charge < -0.3 is 15.5 Å². The third-order valence-electron chi connectivity index (χ3n) is 3.79. The number of anilines is 1. The maximum Gasteiger partial charge on any atom is 0.305 e. The van der Waals surface area contributed by atoms with Crippen LogP contribution in [0.5, 0.6) is 0 Å². The fraction of sp³-hybridized carbons (Fsp3) is 0.500. The molecule has 1 heterocycles. The molecule has 114 valence electrons. The predicted octanol–water partition coefficient (Wildman–Crippen LogP) is 1.46. The van der Waals surface area contributed by atoms with E-state index < -0.39 is 4.92 Å². The average Bonchev–Trinajstić information content (AvgIpc) is 2.48. The number of benzene rings is 1. The lowest BCUT2D eigenvalue weighted by Crippen LogP contribution is -2.43. The number of carbonyl (C=O) groups is 1. The van der Waals surface area contributed by atoms with Crippen molar-refractivity contribution in [2.45, 2.75) is 18.9 Å². The second kappa shape index (κ2) is 6.53. The lowest BCUT2D eigenvalue weighted by molar-refractivity contribution is -0.384. The van der Waals surface area contributed by atoms with Gasteiger partial charge >= 0.3 is 5.69 Å². The number of hydrogen-bond acceptors (Lipinski definition) is 5. The molecule has 1 fully saturated rings. The Morgan fingerprint density at radius 2 is 2.05 bits per heavy atom. The molecule has 1 aliphatic rings. The third kappa shape index (κ3) is 3.49. The van der Waals surface area contributed by atoms with Gasteiger partial charge in [0, 0.05) is 13.1 Å². The second-order valence-electron chi connectivity index (χ2n) is 5.26. The highest BCUT2D eigenvalue weighted by molar-refractivity contribution is 6.00. The van der Waals surface area contributed by atoms with Crippen molar-refractivity contribution in [1.82, 2.24) is 10.2 Å². The number of likely N-dealkylation sites (tertiary alicyclic amines) is 1. The molecule has 1 aliphatic heterocycles. The Balaban J connectivity index is 2.17. The molecular formula is C14H20N4O3. The Morgan fingerprint density at radius 1 is 1.38 bits per heavy atom. The minimum absolute atomic E-state index is 0.0755. The number of nitro benzene ring substituents is 1. The van der Waals surface area contributed by atoms with Crippen LogP contribution in [-0.2, 0) is 0 Å². The van der Waals surface area contributed by atoms with Crippen LogP contribution in [0, 0.1) is 10.1 Å². The summed E-state index contributed by atoms with van der Waals surface area (Å²) in [5, 5.41) is 16.9. The Bertz CT molecular complexity index is 539. The van der Waals surface area contributed by atoms with Crippen LogP contribution in [0.3, 0.4) is 0 Å². The largest absolute Gasteiger partial charge is 0.383 e. The minimum Gasteiger partial charge on any atom is -0.383 e. The number of amides is 1. The van der Waals surface area contributed by atoms with Crippen LogP contribution in [-0.4, -0.2) is 49.0 Å². The van der Waals surface area contributed by atoms with Gasteiger partial charge in [-0.25, -0.2) is 0 Å². The topological polar surface area (TPSA) is 87.5 Å². The third-order valence-corrected chi connectivity index (χ3v) is 3.79. The van der Waals surface area contributed by atoms with E-state index in [1.54, 1.807) is 19.2 Å². The quantitative estimate of drug-likeness (QED) is 0.648. The zero-order valence-electron chi connectivity index (χ0n) is 12.3. The summed E-state index contributed by atoms with van der Waals surface area (Å²) < 4.78 is 0. The molecule has 21 heavy (non-hydrogen) atoms. The number of nitro groups is 1. The zero-order chi connectivity index (χ0) is 15.4. The van der Waals surface area contributed by atoms with Gasteiger partial charge in [-0.1, -0.05) is 6.07 Å². The van der Waals surface area contributed by atoms with Gasteiger partial charge in [-0.3, -0.25) is 14.9 Å². The van der Waals surface area contributed by atoms with Gasteiger partial charge in [-0.15, -0.1) is 0 Å². The van der Waals surface area contributed by atoms with Crippen molar-refractivity contribution in [1.29, 1.82) is 0 Å². The summed E-state index contributed by atoms with van der Waals surface area (Å²) in [5.41, 5.74) is 0.271. The first kappa shape index (κ1) is 15.2. The lowest BCUT2D eigenvalue weighted by Gasteiger charge is -2.29. The van der Waals surface area contributed by atoms with E-state index in [9.17, 15) is 14.9 Å². The van der Waals surface area contributed by atoms with E-state index in [0.717, 1.165) is 25.9 Å². The monoisotopic (exact) mass is 292 g/mol. The van der Waals surface area contributed by atoms with Crippen molar-refractivity contribution < 1.29 is 9.72 Å². The summed E-state index contributed by atoms with van der Waals surface area (Å²) in [5.74, 6) is -0.381. The van der Waals surface area contributed by atoms with E-state index in [0.29, 0.717) is 5.69 Å². The second-order valence-corrected chi connectivity index (χ2v) is 5.26. The summed E-state index contributed by atoms with van der Waals surface area (Å²) in [6.07, 6.45) is 1.73. The van der Waals surface area contributed by atoms with Crippen molar-refractivity contribution in [2.24, 2.45) is 0 Å². The molecule has 0 aromatic heterocycles. The van der Waals surface area contributed by atoms with Gasteiger partial charge in [0.05, 0.1) is 4.92 Å². The SMILES string of the molecule is CNc1cccc(C(=O)NC2CCN(C)CC2)c1[N+](=O)[O-]. The molecule has 0 radical (unpaired) electrons. The highest BCUT2D eigenvalue weighted by Gasteiger charge is 2.26. The van der Waals surface area contributed by atoms with Gasteiger partial charge in [0.1, 0.15) is 11.3 Å². The predicted molar refractivity (Wildman–Crippen MR) is 80.6 cm³/mol. The lowest BCUT2D eigenvalue weighted by atomic mass is 10.0. The molecule has 1 amide bonds. The van der Waals surface area contributed by atoms with E-state index in [1.807, 2.05) is 7.05 Å². The standard InChI is InChI=1S/C14H20N4O3/c1-15-12-5-3-4-11(13(12)18(20)21)14(19)16-10-6-8-17(2)9-7-10/h3-5,10,15H,6-9H2,1-2H3,(H,16,19). The highest BCUT2D eigenvalue weighted by atomic mass is 16.6. The van der Waals surface area contributed by atoms with Crippen LogP contribution in [0.15, 0.2) is 18.2 Å². The molecule has 7 nitrogen and oxygen atoms in total. The maximum atomic E-state index is 12.3. The molecule has 0 aliphatic carbocycles. The Labute approximate surface area is 123 Å². The molecule has 1 aromatic carbocycles. The van der Waals surface area contributed by atoms with Crippen molar-refractivity contribution in [3.05, 3.63) is 33.9 Å². The van der Waals surface area contributed by atoms with E-state index in [4.69, 9.17) is 0 Å². The van der Waals surface area contributed by atoms with Crippen LogP contribution in [0.4, 0.5) is 11.4 Å². The van der Waals surface area contributed by atoms with Crippen LogP contribution in [0.2, 0.25) is 0 Å². The molecule has 2 N–H and O–H groups in total. The number of piperidine rings is 1. The Morgan fingerprint density at radius 3 is 2.62 bits per heavy atom. The van der Waals surface area contributed by atoms with Crippen LogP contribution < -0.4 is 10.6 Å².